The number of benzene rings is 2. The summed E-state index contributed by atoms with van der Waals surface area (Å²) in [4.78, 5) is 52.4. The fourth-order valence-corrected chi connectivity index (χ4v) is 3.98. The monoisotopic (exact) mass is 447 g/mol. The normalized spacial score (nSPS) is 15.4. The number of amides is 2. The summed E-state index contributed by atoms with van der Waals surface area (Å²) in [5, 5.41) is 2.02. The van der Waals surface area contributed by atoms with Crippen LogP contribution < -0.4 is 21.1 Å². The highest BCUT2D eigenvalue weighted by Crippen LogP contribution is 2.33. The van der Waals surface area contributed by atoms with Gasteiger partial charge in [0.05, 0.1) is 0 Å². The van der Waals surface area contributed by atoms with Crippen LogP contribution in [0.5, 0.6) is 5.75 Å². The molecule has 0 saturated heterocycles. The first-order valence-corrected chi connectivity index (χ1v) is 10.7. The lowest BCUT2D eigenvalue weighted by atomic mass is 9.75. The second kappa shape index (κ2) is 8.54. The third kappa shape index (κ3) is 4.79. The molecule has 0 bridgehead atoms. The molecule has 0 saturated carbocycles. The van der Waals surface area contributed by atoms with Gasteiger partial charge in [0.1, 0.15) is 11.3 Å². The molecule has 8 heteroatoms. The summed E-state index contributed by atoms with van der Waals surface area (Å²) >= 11 is 0. The van der Waals surface area contributed by atoms with E-state index in [1.54, 1.807) is 13.0 Å². The molecular weight excluding hydrogens is 422 g/mol. The van der Waals surface area contributed by atoms with E-state index in [0.717, 1.165) is 10.8 Å². The van der Waals surface area contributed by atoms with Crippen LogP contribution in [0.3, 0.4) is 0 Å². The van der Waals surface area contributed by atoms with Crippen LogP contribution in [0.1, 0.15) is 53.6 Å². The number of nitrogens with one attached hydrogen (secondary N) is 3. The first-order valence-electron chi connectivity index (χ1n) is 10.7. The van der Waals surface area contributed by atoms with Crippen molar-refractivity contribution < 1.29 is 19.1 Å². The lowest BCUT2D eigenvalue weighted by Crippen LogP contribution is -2.48. The fourth-order valence-electron chi connectivity index (χ4n) is 3.98. The number of rotatable bonds is 4. The second-order valence-electron chi connectivity index (χ2n) is 9.06. The first-order chi connectivity index (χ1) is 15.6. The van der Waals surface area contributed by atoms with Gasteiger partial charge in [0.15, 0.2) is 11.9 Å². The van der Waals surface area contributed by atoms with Crippen LogP contribution in [0.2, 0.25) is 0 Å². The molecule has 0 radical (unpaired) electrons. The highest BCUT2D eigenvalue weighted by molar-refractivity contribution is 6.02. The zero-order chi connectivity index (χ0) is 23.8. The Morgan fingerprint density at radius 3 is 2.48 bits per heavy atom. The van der Waals surface area contributed by atoms with Crippen LogP contribution in [-0.2, 0) is 11.2 Å². The van der Waals surface area contributed by atoms with Gasteiger partial charge in [-0.1, -0.05) is 44.2 Å². The molecule has 3 N–H and O–H groups in total. The van der Waals surface area contributed by atoms with Crippen molar-refractivity contribution in [3.8, 4) is 5.75 Å². The van der Waals surface area contributed by atoms with E-state index < -0.39 is 23.5 Å². The van der Waals surface area contributed by atoms with Crippen molar-refractivity contribution in [2.45, 2.75) is 39.7 Å². The van der Waals surface area contributed by atoms with Gasteiger partial charge in [0, 0.05) is 17.7 Å². The molecule has 0 fully saturated rings. The highest BCUT2D eigenvalue weighted by Gasteiger charge is 2.32. The van der Waals surface area contributed by atoms with Crippen molar-refractivity contribution in [1.29, 1.82) is 0 Å². The molecule has 1 aliphatic carbocycles. The molecular formula is C25H25N3O5. The number of hydrogen-bond donors (Lipinski definition) is 3. The van der Waals surface area contributed by atoms with Crippen LogP contribution in [0, 0.1) is 5.41 Å². The Labute approximate surface area is 190 Å². The summed E-state index contributed by atoms with van der Waals surface area (Å²) in [5.41, 5.74) is 4.23. The molecule has 3 aromatic rings. The van der Waals surface area contributed by atoms with Crippen LogP contribution in [0.15, 0.2) is 53.3 Å². The number of hydrogen-bond acceptors (Lipinski definition) is 5. The summed E-state index contributed by atoms with van der Waals surface area (Å²) in [6.45, 7) is 5.44. The van der Waals surface area contributed by atoms with Crippen molar-refractivity contribution in [1.82, 2.24) is 15.8 Å². The minimum atomic E-state index is -0.905. The fraction of sp³-hybridized carbons (Fsp3) is 0.280. The van der Waals surface area contributed by atoms with Gasteiger partial charge in [-0.05, 0) is 47.7 Å². The maximum Gasteiger partial charge on any atom is 0.279 e. The molecule has 2 amide bonds. The average molecular weight is 447 g/mol. The number of carbonyl (C=O) groups is 3. The van der Waals surface area contributed by atoms with Gasteiger partial charge in [-0.2, -0.15) is 0 Å². The van der Waals surface area contributed by atoms with Crippen molar-refractivity contribution >= 4 is 28.4 Å². The van der Waals surface area contributed by atoms with E-state index in [0.29, 0.717) is 29.8 Å². The van der Waals surface area contributed by atoms with Crippen LogP contribution >= 0.6 is 0 Å². The minimum absolute atomic E-state index is 0.131. The Bertz CT molecular complexity index is 1330. The van der Waals surface area contributed by atoms with Crippen molar-refractivity contribution in [2.75, 3.05) is 0 Å². The Balaban J connectivity index is 1.41. The van der Waals surface area contributed by atoms with E-state index in [-0.39, 0.29) is 16.8 Å². The Morgan fingerprint density at radius 2 is 1.73 bits per heavy atom. The molecule has 1 aliphatic rings. The Kier molecular flexibility index (Phi) is 5.76. The van der Waals surface area contributed by atoms with Crippen molar-refractivity contribution in [3.05, 3.63) is 75.7 Å². The molecule has 1 aromatic heterocycles. The molecule has 1 atom stereocenters. The average Bonchev–Trinajstić information content (AvgIpc) is 2.75. The highest BCUT2D eigenvalue weighted by atomic mass is 16.5. The zero-order valence-corrected chi connectivity index (χ0v) is 18.7. The number of aromatic amines is 1. The van der Waals surface area contributed by atoms with Crippen LogP contribution in [0.4, 0.5) is 0 Å². The van der Waals surface area contributed by atoms with E-state index >= 15 is 0 Å². The largest absolute Gasteiger partial charge is 0.481 e. The SMILES string of the molecule is CC(Oc1ccc2ccccc2c1)C(=O)NNC(=O)c1cc2c([nH]c1=O)CC(C)(C)CC2=O. The third-order valence-corrected chi connectivity index (χ3v) is 5.66. The molecule has 33 heavy (non-hydrogen) atoms. The predicted molar refractivity (Wildman–Crippen MR) is 123 cm³/mol. The van der Waals surface area contributed by atoms with E-state index in [2.05, 4.69) is 15.8 Å². The molecule has 2 aromatic carbocycles. The summed E-state index contributed by atoms with van der Waals surface area (Å²) in [6, 6.07) is 14.5. The number of fused-ring (bicyclic) bond motifs is 2. The molecule has 0 aliphatic heterocycles. The Morgan fingerprint density at radius 1 is 1.00 bits per heavy atom. The zero-order valence-electron chi connectivity index (χ0n) is 18.7. The molecule has 1 unspecified atom stereocenters. The standard InChI is InChI=1S/C25H25N3O5/c1-14(33-17-9-8-15-6-4-5-7-16(15)10-17)22(30)27-28-24(32)19-11-18-20(26-23(19)31)12-25(2,3)13-21(18)29/h4-11,14H,12-13H2,1-3H3,(H,26,31)(H,27,30)(H,28,32). The maximum atomic E-state index is 12.5. The summed E-state index contributed by atoms with van der Waals surface area (Å²) in [5.74, 6) is -1.03. The smallest absolute Gasteiger partial charge is 0.279 e. The lowest BCUT2D eigenvalue weighted by molar-refractivity contribution is -0.128. The van der Waals surface area contributed by atoms with Gasteiger partial charge in [0.2, 0.25) is 0 Å². The van der Waals surface area contributed by atoms with E-state index in [1.807, 2.05) is 50.2 Å². The number of carbonyl (C=O) groups excluding carboxylic acids is 3. The number of hydrazine groups is 1. The number of Topliss-reactive ketones (excluding diaryl/α,β-unsaturated/α-hetero) is 1. The number of ether oxygens (including phenoxy) is 1. The quantitative estimate of drug-likeness (QED) is 0.532. The second-order valence-corrected chi connectivity index (χ2v) is 9.06. The third-order valence-electron chi connectivity index (χ3n) is 5.66. The van der Waals surface area contributed by atoms with Crippen molar-refractivity contribution in [3.63, 3.8) is 0 Å². The number of aromatic nitrogens is 1. The molecule has 4 rings (SSSR count). The summed E-state index contributed by atoms with van der Waals surface area (Å²) < 4.78 is 5.68. The minimum Gasteiger partial charge on any atom is -0.481 e. The first kappa shape index (κ1) is 22.3. The maximum absolute atomic E-state index is 12.5. The number of pyridine rings is 1. The Hall–Kier alpha value is -3.94. The van der Waals surface area contributed by atoms with E-state index in [1.165, 1.54) is 6.07 Å². The van der Waals surface area contributed by atoms with E-state index in [9.17, 15) is 19.2 Å². The van der Waals surface area contributed by atoms with Crippen molar-refractivity contribution in [2.24, 2.45) is 5.41 Å². The van der Waals surface area contributed by atoms with Gasteiger partial charge in [-0.3, -0.25) is 30.0 Å². The van der Waals surface area contributed by atoms with Crippen LogP contribution in [0.25, 0.3) is 10.8 Å². The van der Waals surface area contributed by atoms with E-state index in [4.69, 9.17) is 4.74 Å². The molecule has 0 spiro atoms. The molecule has 8 nitrogen and oxygen atoms in total. The molecule has 170 valence electrons. The van der Waals surface area contributed by atoms with Gasteiger partial charge in [0.25, 0.3) is 17.4 Å². The lowest BCUT2D eigenvalue weighted by Gasteiger charge is -2.29. The summed E-state index contributed by atoms with van der Waals surface area (Å²) in [6.07, 6.45) is -0.0453. The number of H-pyrrole nitrogens is 1. The molecule has 1 heterocycles. The van der Waals surface area contributed by atoms with Crippen LogP contribution in [-0.4, -0.2) is 28.7 Å². The van der Waals surface area contributed by atoms with Gasteiger partial charge in [-0.25, -0.2) is 0 Å². The van der Waals surface area contributed by atoms with Gasteiger partial charge in [-0.15, -0.1) is 0 Å². The number of ketones is 1. The van der Waals surface area contributed by atoms with Gasteiger partial charge >= 0.3 is 0 Å². The summed E-state index contributed by atoms with van der Waals surface area (Å²) in [7, 11) is 0. The van der Waals surface area contributed by atoms with Gasteiger partial charge < -0.3 is 9.72 Å². The topological polar surface area (TPSA) is 117 Å². The predicted octanol–water partition coefficient (Wildman–Crippen LogP) is 2.91.